The highest BCUT2D eigenvalue weighted by molar-refractivity contribution is 5.72. The first-order chi connectivity index (χ1) is 8.49. The maximum absolute atomic E-state index is 11.3. The lowest BCUT2D eigenvalue weighted by atomic mass is 10.2. The average Bonchev–Trinajstić information content (AvgIpc) is 2.18. The van der Waals surface area contributed by atoms with Gasteiger partial charge in [0.2, 0.25) is 0 Å². The van der Waals surface area contributed by atoms with Crippen molar-refractivity contribution in [2.24, 2.45) is 0 Å². The largest absolute Gasteiger partial charge is 0.444 e. The molecule has 0 aromatic rings. The lowest BCUT2D eigenvalue weighted by Gasteiger charge is -2.20. The highest BCUT2D eigenvalue weighted by Gasteiger charge is 2.15. The summed E-state index contributed by atoms with van der Waals surface area (Å²) >= 11 is 0. The zero-order valence-electron chi connectivity index (χ0n) is 12.5. The van der Waals surface area contributed by atoms with Crippen LogP contribution >= 0.6 is 0 Å². The normalized spacial score (nSPS) is 11.7. The Hall–Kier alpha value is -1.50. The molecule has 0 aliphatic carbocycles. The molecule has 0 aliphatic rings. The number of ether oxygens (including phenoxy) is 1. The third kappa shape index (κ3) is 12.7. The summed E-state index contributed by atoms with van der Waals surface area (Å²) in [6, 6.07) is -0.457. The van der Waals surface area contributed by atoms with E-state index < -0.39 is 23.3 Å². The predicted molar refractivity (Wildman–Crippen MR) is 71.6 cm³/mol. The number of alkyl carbamates (subject to hydrolysis) is 1. The summed E-state index contributed by atoms with van der Waals surface area (Å²) in [7, 11) is 0. The molecule has 0 heterocycles. The third-order valence-electron chi connectivity index (χ3n) is 1.53. The molecular formula is C12H25N3O4. The van der Waals surface area contributed by atoms with E-state index in [2.05, 4.69) is 16.1 Å². The summed E-state index contributed by atoms with van der Waals surface area (Å²) in [6.07, 6.45) is -0.513. The van der Waals surface area contributed by atoms with Crippen LogP contribution in [0.25, 0.3) is 0 Å². The van der Waals surface area contributed by atoms with Gasteiger partial charge in [-0.25, -0.2) is 15.1 Å². The van der Waals surface area contributed by atoms with Crippen molar-refractivity contribution < 1.29 is 19.2 Å². The van der Waals surface area contributed by atoms with E-state index in [1.54, 1.807) is 20.8 Å². The van der Waals surface area contributed by atoms with E-state index in [-0.39, 0.29) is 13.1 Å². The molecule has 0 aromatic heterocycles. The van der Waals surface area contributed by atoms with Crippen molar-refractivity contribution in [2.45, 2.75) is 52.7 Å². The molecule has 0 aromatic carbocycles. The second-order valence-electron chi connectivity index (χ2n) is 6.00. The topological polar surface area (TPSA) is 88.7 Å². The second-order valence-corrected chi connectivity index (χ2v) is 6.00. The van der Waals surface area contributed by atoms with Crippen LogP contribution in [0.2, 0.25) is 0 Å². The van der Waals surface area contributed by atoms with Gasteiger partial charge in [0.1, 0.15) is 5.60 Å². The van der Waals surface area contributed by atoms with E-state index >= 15 is 0 Å². The molecule has 0 atom stereocenters. The molecule has 3 N–H and O–H groups in total. The quantitative estimate of drug-likeness (QED) is 0.536. The van der Waals surface area contributed by atoms with E-state index in [4.69, 9.17) is 9.57 Å². The van der Waals surface area contributed by atoms with Gasteiger partial charge in [0.15, 0.2) is 0 Å². The monoisotopic (exact) mass is 275 g/mol. The first-order valence-corrected chi connectivity index (χ1v) is 6.18. The van der Waals surface area contributed by atoms with Gasteiger partial charge in [-0.15, -0.1) is 0 Å². The SMILES string of the molecule is CC(C)(C)ONC(=O)NCCNC(=O)OC(C)(C)C. The molecule has 3 amide bonds. The molecule has 0 saturated carbocycles. The molecule has 0 bridgehead atoms. The van der Waals surface area contributed by atoms with Gasteiger partial charge in [-0.3, -0.25) is 4.84 Å². The van der Waals surface area contributed by atoms with Crippen molar-refractivity contribution in [3.63, 3.8) is 0 Å². The fourth-order valence-corrected chi connectivity index (χ4v) is 0.890. The van der Waals surface area contributed by atoms with Crippen molar-refractivity contribution in [1.29, 1.82) is 0 Å². The lowest BCUT2D eigenvalue weighted by Crippen LogP contribution is -2.43. The third-order valence-corrected chi connectivity index (χ3v) is 1.53. The lowest BCUT2D eigenvalue weighted by molar-refractivity contribution is -0.0528. The molecular weight excluding hydrogens is 250 g/mol. The van der Waals surface area contributed by atoms with Crippen molar-refractivity contribution in [2.75, 3.05) is 13.1 Å². The molecule has 7 heteroatoms. The highest BCUT2D eigenvalue weighted by atomic mass is 16.7. The Bertz CT molecular complexity index is 305. The van der Waals surface area contributed by atoms with Crippen molar-refractivity contribution >= 4 is 12.1 Å². The number of hydroxylamine groups is 1. The Morgan fingerprint density at radius 3 is 1.89 bits per heavy atom. The number of amides is 3. The minimum Gasteiger partial charge on any atom is -0.444 e. The van der Waals surface area contributed by atoms with Crippen molar-refractivity contribution in [1.82, 2.24) is 16.1 Å². The zero-order chi connectivity index (χ0) is 15.1. The van der Waals surface area contributed by atoms with Gasteiger partial charge in [0, 0.05) is 13.1 Å². The van der Waals surface area contributed by atoms with Gasteiger partial charge in [0.25, 0.3) is 0 Å². The molecule has 7 nitrogen and oxygen atoms in total. The van der Waals surface area contributed by atoms with Crippen LogP contribution < -0.4 is 16.1 Å². The number of urea groups is 1. The van der Waals surface area contributed by atoms with E-state index in [9.17, 15) is 9.59 Å². The molecule has 0 unspecified atom stereocenters. The summed E-state index contributed by atoms with van der Waals surface area (Å²) in [5, 5.41) is 5.05. The van der Waals surface area contributed by atoms with E-state index in [1.807, 2.05) is 20.8 Å². The average molecular weight is 275 g/mol. The first-order valence-electron chi connectivity index (χ1n) is 6.18. The maximum atomic E-state index is 11.3. The minimum atomic E-state index is -0.532. The maximum Gasteiger partial charge on any atom is 0.407 e. The van der Waals surface area contributed by atoms with Gasteiger partial charge in [-0.2, -0.15) is 0 Å². The van der Waals surface area contributed by atoms with Crippen LogP contribution in [0.3, 0.4) is 0 Å². The molecule has 112 valence electrons. The van der Waals surface area contributed by atoms with Crippen LogP contribution in [0.1, 0.15) is 41.5 Å². The molecule has 0 rings (SSSR count). The molecule has 0 fully saturated rings. The number of rotatable bonds is 4. The van der Waals surface area contributed by atoms with E-state index in [0.717, 1.165) is 0 Å². The van der Waals surface area contributed by atoms with Crippen LogP contribution in [0, 0.1) is 0 Å². The number of hydrogen-bond donors (Lipinski definition) is 3. The fourth-order valence-electron chi connectivity index (χ4n) is 0.890. The molecule has 0 aliphatic heterocycles. The standard InChI is InChI=1S/C12H25N3O4/c1-11(2,3)18-10(17)14-8-7-13-9(16)15-19-12(4,5)6/h7-8H2,1-6H3,(H,14,17)(H2,13,15,16). The second kappa shape index (κ2) is 7.18. The fraction of sp³-hybridized carbons (Fsp3) is 0.833. The number of hydrogen-bond acceptors (Lipinski definition) is 4. The number of nitrogens with one attached hydrogen (secondary N) is 3. The summed E-state index contributed by atoms with van der Waals surface area (Å²) in [4.78, 5) is 27.6. The van der Waals surface area contributed by atoms with Gasteiger partial charge < -0.3 is 15.4 Å². The van der Waals surface area contributed by atoms with Crippen LogP contribution in [0.15, 0.2) is 0 Å². The van der Waals surface area contributed by atoms with Crippen LogP contribution in [-0.2, 0) is 9.57 Å². The molecule has 0 saturated heterocycles. The van der Waals surface area contributed by atoms with Crippen LogP contribution in [-0.4, -0.2) is 36.4 Å². The Morgan fingerprint density at radius 1 is 0.895 bits per heavy atom. The summed E-state index contributed by atoms with van der Waals surface area (Å²) in [6.45, 7) is 11.3. The number of carbonyl (C=O) groups excluding carboxylic acids is 2. The van der Waals surface area contributed by atoms with Gasteiger partial charge >= 0.3 is 12.1 Å². The van der Waals surface area contributed by atoms with E-state index in [0.29, 0.717) is 0 Å². The van der Waals surface area contributed by atoms with Crippen LogP contribution in [0.5, 0.6) is 0 Å². The Balaban J connectivity index is 3.64. The Kier molecular flexibility index (Phi) is 6.61. The van der Waals surface area contributed by atoms with Crippen molar-refractivity contribution in [3.05, 3.63) is 0 Å². The van der Waals surface area contributed by atoms with Crippen molar-refractivity contribution in [3.8, 4) is 0 Å². The summed E-state index contributed by atoms with van der Waals surface area (Å²) in [5.41, 5.74) is 1.27. The molecule has 0 spiro atoms. The minimum absolute atomic E-state index is 0.276. The summed E-state index contributed by atoms with van der Waals surface area (Å²) < 4.78 is 5.03. The number of carbonyl (C=O) groups is 2. The molecule has 19 heavy (non-hydrogen) atoms. The Labute approximate surface area is 114 Å². The summed E-state index contributed by atoms with van der Waals surface area (Å²) in [5.74, 6) is 0. The predicted octanol–water partition coefficient (Wildman–Crippen LogP) is 1.54. The Morgan fingerprint density at radius 2 is 1.42 bits per heavy atom. The van der Waals surface area contributed by atoms with Gasteiger partial charge in [-0.1, -0.05) is 0 Å². The van der Waals surface area contributed by atoms with Gasteiger partial charge in [0.05, 0.1) is 5.60 Å². The van der Waals surface area contributed by atoms with Gasteiger partial charge in [-0.05, 0) is 41.5 Å². The smallest absolute Gasteiger partial charge is 0.407 e. The molecule has 0 radical (unpaired) electrons. The zero-order valence-corrected chi connectivity index (χ0v) is 12.5. The highest BCUT2D eigenvalue weighted by Crippen LogP contribution is 2.06. The van der Waals surface area contributed by atoms with Crippen LogP contribution in [0.4, 0.5) is 9.59 Å². The first kappa shape index (κ1) is 17.5. The van der Waals surface area contributed by atoms with E-state index in [1.165, 1.54) is 0 Å².